The van der Waals surface area contributed by atoms with Crippen LogP contribution in [0.2, 0.25) is 0 Å². The number of nitrogens with zero attached hydrogens (tertiary/aromatic N) is 1. The molecule has 0 radical (unpaired) electrons. The predicted molar refractivity (Wildman–Crippen MR) is 101 cm³/mol. The normalized spacial score (nSPS) is 10.6. The van der Waals surface area contributed by atoms with Crippen LogP contribution in [0.3, 0.4) is 0 Å². The van der Waals surface area contributed by atoms with Crippen molar-refractivity contribution in [3.05, 3.63) is 76.2 Å². The van der Waals surface area contributed by atoms with Crippen molar-refractivity contribution in [1.82, 2.24) is 10.3 Å². The van der Waals surface area contributed by atoms with Gasteiger partial charge < -0.3 is 14.8 Å². The van der Waals surface area contributed by atoms with Crippen molar-refractivity contribution < 1.29 is 9.47 Å². The molecule has 0 amide bonds. The van der Waals surface area contributed by atoms with E-state index in [2.05, 4.69) is 28.5 Å². The van der Waals surface area contributed by atoms with Crippen LogP contribution in [0.15, 0.2) is 59.4 Å². The molecule has 4 nitrogen and oxygen atoms in total. The van der Waals surface area contributed by atoms with Crippen LogP contribution in [0.25, 0.3) is 0 Å². The third-order valence-electron chi connectivity index (χ3n) is 3.89. The lowest BCUT2D eigenvalue weighted by Crippen LogP contribution is -2.16. The Hall–Kier alpha value is -2.37. The third-order valence-corrected chi connectivity index (χ3v) is 4.52. The number of ether oxygens (including phenoxy) is 2. The second-order valence-corrected chi connectivity index (χ2v) is 6.37. The summed E-state index contributed by atoms with van der Waals surface area (Å²) in [5, 5.41) is 5.47. The van der Waals surface area contributed by atoms with Crippen LogP contribution in [-0.4, -0.2) is 18.6 Å². The number of para-hydroxylation sites is 1. The zero-order valence-corrected chi connectivity index (χ0v) is 15.1. The number of thiazole rings is 1. The fraction of sp³-hybridized carbons (Fsp3) is 0.250. The van der Waals surface area contributed by atoms with Crippen LogP contribution < -0.4 is 14.8 Å². The average Bonchev–Trinajstić information content (AvgIpc) is 3.18. The fourth-order valence-electron chi connectivity index (χ4n) is 2.53. The molecule has 3 rings (SSSR count). The molecule has 0 saturated carbocycles. The minimum absolute atomic E-state index is 0.514. The lowest BCUT2D eigenvalue weighted by Gasteiger charge is -2.09. The van der Waals surface area contributed by atoms with E-state index in [9.17, 15) is 0 Å². The SMILES string of the molecule is COc1ccccc1CCNCc1ccc(OCc2cscn2)cc1. The Balaban J connectivity index is 1.41. The van der Waals surface area contributed by atoms with Crippen molar-refractivity contribution in [1.29, 1.82) is 0 Å². The summed E-state index contributed by atoms with van der Waals surface area (Å²) in [4.78, 5) is 4.21. The highest BCUT2D eigenvalue weighted by molar-refractivity contribution is 7.07. The molecule has 0 saturated heterocycles. The first-order valence-corrected chi connectivity index (χ1v) is 9.21. The molecule has 0 bridgehead atoms. The van der Waals surface area contributed by atoms with Gasteiger partial charge in [-0.2, -0.15) is 0 Å². The second kappa shape index (κ2) is 9.20. The fourth-order valence-corrected chi connectivity index (χ4v) is 3.08. The van der Waals surface area contributed by atoms with Crippen molar-refractivity contribution in [3.63, 3.8) is 0 Å². The number of aromatic nitrogens is 1. The van der Waals surface area contributed by atoms with Gasteiger partial charge in [-0.3, -0.25) is 0 Å². The maximum absolute atomic E-state index is 5.72. The van der Waals surface area contributed by atoms with Gasteiger partial charge in [0.05, 0.1) is 18.3 Å². The monoisotopic (exact) mass is 354 g/mol. The van der Waals surface area contributed by atoms with Gasteiger partial charge in [-0.25, -0.2) is 4.98 Å². The minimum Gasteiger partial charge on any atom is -0.496 e. The molecule has 0 unspecified atom stereocenters. The van der Waals surface area contributed by atoms with E-state index in [1.54, 1.807) is 18.4 Å². The molecule has 2 aromatic carbocycles. The van der Waals surface area contributed by atoms with Gasteiger partial charge in [-0.1, -0.05) is 30.3 Å². The number of benzene rings is 2. The summed E-state index contributed by atoms with van der Waals surface area (Å²) < 4.78 is 11.1. The summed E-state index contributed by atoms with van der Waals surface area (Å²) in [5.41, 5.74) is 5.25. The van der Waals surface area contributed by atoms with E-state index in [1.807, 2.05) is 41.2 Å². The molecule has 3 aromatic rings. The Labute approximate surface area is 152 Å². The molecular formula is C20H22N2O2S. The zero-order valence-electron chi connectivity index (χ0n) is 14.3. The molecule has 1 aromatic heterocycles. The van der Waals surface area contributed by atoms with Crippen molar-refractivity contribution in [2.75, 3.05) is 13.7 Å². The molecule has 1 N–H and O–H groups in total. The topological polar surface area (TPSA) is 43.4 Å². The Morgan fingerprint density at radius 3 is 2.68 bits per heavy atom. The maximum atomic E-state index is 5.72. The number of hydrogen-bond donors (Lipinski definition) is 1. The lowest BCUT2D eigenvalue weighted by atomic mass is 10.1. The molecule has 0 atom stereocenters. The van der Waals surface area contributed by atoms with Crippen molar-refractivity contribution >= 4 is 11.3 Å². The van der Waals surface area contributed by atoms with Crippen LogP contribution in [0.5, 0.6) is 11.5 Å². The largest absolute Gasteiger partial charge is 0.496 e. The Morgan fingerprint density at radius 1 is 1.08 bits per heavy atom. The molecule has 0 spiro atoms. The van der Waals surface area contributed by atoms with Gasteiger partial charge in [0.15, 0.2) is 0 Å². The van der Waals surface area contributed by atoms with Crippen LogP contribution >= 0.6 is 11.3 Å². The van der Waals surface area contributed by atoms with Crippen LogP contribution in [0.4, 0.5) is 0 Å². The second-order valence-electron chi connectivity index (χ2n) is 5.65. The Morgan fingerprint density at radius 2 is 1.92 bits per heavy atom. The number of methoxy groups -OCH3 is 1. The summed E-state index contributed by atoms with van der Waals surface area (Å²) in [7, 11) is 1.71. The van der Waals surface area contributed by atoms with Crippen molar-refractivity contribution in [2.24, 2.45) is 0 Å². The third kappa shape index (κ3) is 5.31. The summed E-state index contributed by atoms with van der Waals surface area (Å²) in [6.45, 7) is 2.25. The van der Waals surface area contributed by atoms with Gasteiger partial charge in [0.25, 0.3) is 0 Å². The molecule has 0 fully saturated rings. The molecule has 130 valence electrons. The molecule has 1 heterocycles. The van der Waals surface area contributed by atoms with E-state index < -0.39 is 0 Å². The summed E-state index contributed by atoms with van der Waals surface area (Å²) in [6.07, 6.45) is 0.943. The van der Waals surface area contributed by atoms with Gasteiger partial charge in [-0.05, 0) is 42.3 Å². The van der Waals surface area contributed by atoms with E-state index in [-0.39, 0.29) is 0 Å². The minimum atomic E-state index is 0.514. The first-order chi connectivity index (χ1) is 12.3. The van der Waals surface area contributed by atoms with E-state index in [0.717, 1.165) is 36.7 Å². The highest BCUT2D eigenvalue weighted by Crippen LogP contribution is 2.17. The quantitative estimate of drug-likeness (QED) is 0.589. The molecule has 5 heteroatoms. The van der Waals surface area contributed by atoms with Gasteiger partial charge in [0, 0.05) is 11.9 Å². The average molecular weight is 354 g/mol. The zero-order chi connectivity index (χ0) is 17.3. The molecular weight excluding hydrogens is 332 g/mol. The van der Waals surface area contributed by atoms with E-state index >= 15 is 0 Å². The van der Waals surface area contributed by atoms with Gasteiger partial charge in [-0.15, -0.1) is 11.3 Å². The maximum Gasteiger partial charge on any atom is 0.131 e. The Bertz CT molecular complexity index is 758. The van der Waals surface area contributed by atoms with Crippen molar-refractivity contribution in [2.45, 2.75) is 19.6 Å². The van der Waals surface area contributed by atoms with E-state index in [4.69, 9.17) is 9.47 Å². The highest BCUT2D eigenvalue weighted by atomic mass is 32.1. The standard InChI is InChI=1S/C20H22N2O2S/c1-23-20-5-3-2-4-17(20)10-11-21-12-16-6-8-19(9-7-16)24-13-18-14-25-15-22-18/h2-9,14-15,21H,10-13H2,1H3. The Kier molecular flexibility index (Phi) is 6.42. The number of hydrogen-bond acceptors (Lipinski definition) is 5. The highest BCUT2D eigenvalue weighted by Gasteiger charge is 2.02. The summed E-state index contributed by atoms with van der Waals surface area (Å²) in [5.74, 6) is 1.82. The molecule has 0 aliphatic rings. The van der Waals surface area contributed by atoms with E-state index in [1.165, 1.54) is 11.1 Å². The van der Waals surface area contributed by atoms with Gasteiger partial charge in [0.2, 0.25) is 0 Å². The lowest BCUT2D eigenvalue weighted by molar-refractivity contribution is 0.302. The number of rotatable bonds is 9. The van der Waals surface area contributed by atoms with Crippen LogP contribution in [0, 0.1) is 0 Å². The molecule has 25 heavy (non-hydrogen) atoms. The summed E-state index contributed by atoms with van der Waals surface area (Å²) >= 11 is 1.58. The summed E-state index contributed by atoms with van der Waals surface area (Å²) in [6, 6.07) is 16.3. The van der Waals surface area contributed by atoms with Crippen molar-refractivity contribution in [3.8, 4) is 11.5 Å². The van der Waals surface area contributed by atoms with Gasteiger partial charge in [0.1, 0.15) is 18.1 Å². The van der Waals surface area contributed by atoms with Crippen LogP contribution in [-0.2, 0) is 19.6 Å². The first kappa shape index (κ1) is 17.5. The first-order valence-electron chi connectivity index (χ1n) is 8.26. The molecule has 0 aliphatic carbocycles. The predicted octanol–water partition coefficient (Wildman–Crippen LogP) is 4.06. The number of nitrogens with one attached hydrogen (secondary N) is 1. The van der Waals surface area contributed by atoms with E-state index in [0.29, 0.717) is 6.61 Å². The smallest absolute Gasteiger partial charge is 0.131 e. The molecule has 0 aliphatic heterocycles. The van der Waals surface area contributed by atoms with Gasteiger partial charge >= 0.3 is 0 Å². The van der Waals surface area contributed by atoms with Crippen LogP contribution in [0.1, 0.15) is 16.8 Å².